The first-order chi connectivity index (χ1) is 18.4. The number of halogens is 1. The lowest BCUT2D eigenvalue weighted by atomic mass is 9.99. The van der Waals surface area contributed by atoms with Gasteiger partial charge in [-0.2, -0.15) is 4.37 Å². The largest absolute Gasteiger partial charge is 1.00 e. The predicted molar refractivity (Wildman–Crippen MR) is 154 cm³/mol. The molecule has 1 heterocycles. The van der Waals surface area contributed by atoms with Crippen molar-refractivity contribution in [1.82, 2.24) is 4.37 Å². The maximum Gasteiger partial charge on any atom is 0.282 e. The zero-order valence-corrected chi connectivity index (χ0v) is 24.1. The minimum absolute atomic E-state index is 0. The number of carbonyl (C=O) groups excluding carboxylic acids is 1. The summed E-state index contributed by atoms with van der Waals surface area (Å²) in [5, 5.41) is 3.06. The number of aryl methyl sites for hydroxylation is 1. The molecule has 6 nitrogen and oxygen atoms in total. The number of aromatic nitrogens is 1. The molecule has 0 fully saturated rings. The molecule has 0 saturated heterocycles. The van der Waals surface area contributed by atoms with Crippen molar-refractivity contribution < 1.29 is 32.4 Å². The molecule has 4 N–H and O–H groups in total. The molecule has 0 radical (unpaired) electrons. The summed E-state index contributed by atoms with van der Waals surface area (Å²) < 4.78 is 15.7. The molecule has 8 heteroatoms. The Bertz CT molecular complexity index is 1550. The lowest BCUT2D eigenvalue weighted by Gasteiger charge is -2.15. The van der Waals surface area contributed by atoms with Crippen molar-refractivity contribution in [2.75, 3.05) is 19.5 Å². The first-order valence-electron chi connectivity index (χ1n) is 12.6. The smallest absolute Gasteiger partial charge is 0.282 e. The Morgan fingerprint density at radius 1 is 1.05 bits per heavy atom. The van der Waals surface area contributed by atoms with Gasteiger partial charge in [-0.3, -0.25) is 4.79 Å². The zero-order chi connectivity index (χ0) is 26.8. The normalized spacial score (nSPS) is 12.7. The molecular formula is C31H32ClN3O3S. The molecule has 0 spiro atoms. The third kappa shape index (κ3) is 5.86. The highest BCUT2D eigenvalue weighted by molar-refractivity contribution is 7.10. The second kappa shape index (κ2) is 12.0. The summed E-state index contributed by atoms with van der Waals surface area (Å²) >= 11 is 1.44. The lowest BCUT2D eigenvalue weighted by molar-refractivity contribution is -0.401. The fraction of sp³-hybridized carbons (Fsp3) is 0.226. The summed E-state index contributed by atoms with van der Waals surface area (Å²) in [5.41, 5.74) is 13.8. The van der Waals surface area contributed by atoms with Gasteiger partial charge in [-0.25, -0.2) is 0 Å². The van der Waals surface area contributed by atoms with E-state index in [4.69, 9.17) is 9.47 Å². The zero-order valence-electron chi connectivity index (χ0n) is 22.5. The van der Waals surface area contributed by atoms with Gasteiger partial charge in [0.2, 0.25) is 0 Å². The minimum Gasteiger partial charge on any atom is -1.00 e. The van der Waals surface area contributed by atoms with E-state index in [9.17, 15) is 4.79 Å². The summed E-state index contributed by atoms with van der Waals surface area (Å²) in [7, 11) is 3.29. The van der Waals surface area contributed by atoms with Crippen molar-refractivity contribution in [3.05, 3.63) is 88.6 Å². The summed E-state index contributed by atoms with van der Waals surface area (Å²) in [6.07, 6.45) is 5.51. The fourth-order valence-electron chi connectivity index (χ4n) is 4.92. The Kier molecular flexibility index (Phi) is 8.75. The third-order valence-electron chi connectivity index (χ3n) is 7.15. The van der Waals surface area contributed by atoms with Gasteiger partial charge in [-0.1, -0.05) is 48.0 Å². The fourth-order valence-corrected chi connectivity index (χ4v) is 5.68. The average Bonchev–Trinajstić information content (AvgIpc) is 3.57. The number of benzene rings is 3. The Balaban J connectivity index is 0.00000353. The number of hydrogen-bond acceptors (Lipinski definition) is 5. The van der Waals surface area contributed by atoms with E-state index in [0.29, 0.717) is 17.9 Å². The SMILES string of the molecule is COc1ccc(-c2cnsc2-c2cc(C)c(C)c(OC)c2)cc1NC(=O)[C@@H]([NH3+])CC1=Cc2ccccc2C1.[Cl-]. The number of methoxy groups -OCH3 is 2. The van der Waals surface area contributed by atoms with Crippen molar-refractivity contribution in [2.24, 2.45) is 0 Å². The molecule has 3 aromatic carbocycles. The van der Waals surface area contributed by atoms with E-state index in [0.717, 1.165) is 44.9 Å². The molecule has 0 saturated carbocycles. The van der Waals surface area contributed by atoms with Gasteiger partial charge in [0, 0.05) is 18.2 Å². The number of rotatable bonds is 8. The Hall–Kier alpha value is -3.65. The van der Waals surface area contributed by atoms with Gasteiger partial charge >= 0.3 is 0 Å². The summed E-state index contributed by atoms with van der Waals surface area (Å²) in [6, 6.07) is 17.9. The van der Waals surface area contributed by atoms with Crippen LogP contribution in [0.15, 0.2) is 66.4 Å². The van der Waals surface area contributed by atoms with Crippen LogP contribution in [0.5, 0.6) is 11.5 Å². The van der Waals surface area contributed by atoms with E-state index in [1.165, 1.54) is 28.2 Å². The van der Waals surface area contributed by atoms with E-state index in [2.05, 4.69) is 59.6 Å². The molecule has 0 unspecified atom stereocenters. The molecule has 39 heavy (non-hydrogen) atoms. The molecule has 1 atom stereocenters. The molecule has 1 aliphatic rings. The molecule has 1 aromatic heterocycles. The number of fused-ring (bicyclic) bond motifs is 1. The van der Waals surface area contributed by atoms with Crippen LogP contribution in [0.2, 0.25) is 0 Å². The highest BCUT2D eigenvalue weighted by atomic mass is 35.5. The Morgan fingerprint density at radius 2 is 1.82 bits per heavy atom. The molecule has 5 rings (SSSR count). The maximum atomic E-state index is 13.2. The highest BCUT2D eigenvalue weighted by Gasteiger charge is 2.24. The van der Waals surface area contributed by atoms with Gasteiger partial charge < -0.3 is 32.9 Å². The molecule has 4 aromatic rings. The molecule has 1 aliphatic carbocycles. The van der Waals surface area contributed by atoms with Crippen LogP contribution in [0.1, 0.15) is 28.7 Å². The van der Waals surface area contributed by atoms with E-state index in [-0.39, 0.29) is 18.3 Å². The quantitative estimate of drug-likeness (QED) is 0.346. The van der Waals surface area contributed by atoms with Gasteiger partial charge in [0.1, 0.15) is 11.5 Å². The standard InChI is InChI=1S/C31H31N3O3S.ClH/c1-18-11-24(16-29(37-4)19(18)2)30-25(17-33-38-30)23-9-10-28(36-3)27(15-23)34-31(35)26(32)14-20-12-21-7-5-6-8-22(21)13-20;/h5-12,15-17,26H,13-14,32H2,1-4H3,(H,34,35);1H/t26-;/m0./s1. The van der Waals surface area contributed by atoms with E-state index < -0.39 is 6.04 Å². The van der Waals surface area contributed by atoms with Crippen LogP contribution in [0.4, 0.5) is 5.69 Å². The number of nitrogens with zero attached hydrogens (tertiary/aromatic N) is 1. The van der Waals surface area contributed by atoms with Crippen LogP contribution in [-0.2, 0) is 11.2 Å². The molecule has 0 aliphatic heterocycles. The first-order valence-corrected chi connectivity index (χ1v) is 13.3. The second-order valence-corrected chi connectivity index (χ2v) is 10.5. The monoisotopic (exact) mass is 561 g/mol. The number of carbonyl (C=O) groups is 1. The highest BCUT2D eigenvalue weighted by Crippen LogP contribution is 2.40. The van der Waals surface area contributed by atoms with Crippen LogP contribution in [0, 0.1) is 13.8 Å². The Morgan fingerprint density at radius 3 is 2.56 bits per heavy atom. The minimum atomic E-state index is -0.426. The van der Waals surface area contributed by atoms with E-state index in [1.807, 2.05) is 36.5 Å². The van der Waals surface area contributed by atoms with Crippen LogP contribution >= 0.6 is 11.5 Å². The number of nitrogens with one attached hydrogen (secondary N) is 1. The van der Waals surface area contributed by atoms with Crippen molar-refractivity contribution in [3.63, 3.8) is 0 Å². The molecule has 0 bridgehead atoms. The van der Waals surface area contributed by atoms with E-state index >= 15 is 0 Å². The average molecular weight is 562 g/mol. The van der Waals surface area contributed by atoms with Gasteiger partial charge in [0.15, 0.2) is 6.04 Å². The summed E-state index contributed by atoms with van der Waals surface area (Å²) in [6.45, 7) is 4.14. The van der Waals surface area contributed by atoms with Crippen molar-refractivity contribution in [3.8, 4) is 33.1 Å². The van der Waals surface area contributed by atoms with Gasteiger partial charge in [-0.15, -0.1) is 0 Å². The number of anilines is 1. The van der Waals surface area contributed by atoms with Crippen LogP contribution in [0.25, 0.3) is 27.6 Å². The lowest BCUT2D eigenvalue weighted by Crippen LogP contribution is -3.00. The van der Waals surface area contributed by atoms with Crippen LogP contribution < -0.4 is 32.9 Å². The van der Waals surface area contributed by atoms with Crippen molar-refractivity contribution in [2.45, 2.75) is 32.7 Å². The second-order valence-electron chi connectivity index (χ2n) is 9.67. The van der Waals surface area contributed by atoms with E-state index in [1.54, 1.807) is 14.2 Å². The first kappa shape index (κ1) is 28.4. The van der Waals surface area contributed by atoms with Crippen molar-refractivity contribution in [1.29, 1.82) is 0 Å². The van der Waals surface area contributed by atoms with Crippen LogP contribution in [-0.4, -0.2) is 30.5 Å². The topological polar surface area (TPSA) is 88.1 Å². The number of amides is 1. The number of quaternary nitrogens is 1. The summed E-state index contributed by atoms with van der Waals surface area (Å²) in [4.78, 5) is 14.2. The maximum absolute atomic E-state index is 13.2. The van der Waals surface area contributed by atoms with Gasteiger partial charge in [0.05, 0.1) is 24.8 Å². The number of hydrogen-bond donors (Lipinski definition) is 2. The molecular weight excluding hydrogens is 530 g/mol. The number of ether oxygens (including phenoxy) is 2. The molecule has 202 valence electrons. The Labute approximate surface area is 239 Å². The van der Waals surface area contributed by atoms with Crippen LogP contribution in [0.3, 0.4) is 0 Å². The molecule has 1 amide bonds. The van der Waals surface area contributed by atoms with Gasteiger partial charge in [0.25, 0.3) is 5.91 Å². The third-order valence-corrected chi connectivity index (χ3v) is 8.00. The predicted octanol–water partition coefficient (Wildman–Crippen LogP) is 2.69. The summed E-state index contributed by atoms with van der Waals surface area (Å²) in [5.74, 6) is 1.31. The van der Waals surface area contributed by atoms with Crippen molar-refractivity contribution >= 4 is 29.2 Å². The van der Waals surface area contributed by atoms with Gasteiger partial charge in [-0.05, 0) is 83.4 Å².